The Balaban J connectivity index is 2.60. The summed E-state index contributed by atoms with van der Waals surface area (Å²) in [6.07, 6.45) is 1.16. The number of nitrogens with one attached hydrogen (secondary N) is 1. The molecule has 1 fully saturated rings. The number of hydrogen-bond donors (Lipinski definition) is 2. The van der Waals surface area contributed by atoms with Crippen molar-refractivity contribution < 1.29 is 24.3 Å². The van der Waals surface area contributed by atoms with Crippen LogP contribution in [0, 0.1) is 5.41 Å². The van der Waals surface area contributed by atoms with E-state index in [1.54, 1.807) is 6.92 Å². The molecule has 0 aromatic carbocycles. The molecule has 1 aliphatic heterocycles. The summed E-state index contributed by atoms with van der Waals surface area (Å²) in [5, 5.41) is 10.8. The highest BCUT2D eigenvalue weighted by atomic mass is 16.4. The van der Waals surface area contributed by atoms with E-state index in [4.69, 9.17) is 5.11 Å². The summed E-state index contributed by atoms with van der Waals surface area (Å²) in [6, 6.07) is 0. The van der Waals surface area contributed by atoms with E-state index in [2.05, 4.69) is 5.32 Å². The quantitative estimate of drug-likeness (QED) is 0.675. The van der Waals surface area contributed by atoms with Crippen molar-refractivity contribution >= 4 is 23.7 Å². The van der Waals surface area contributed by atoms with E-state index >= 15 is 0 Å². The Labute approximate surface area is 117 Å². The lowest BCUT2D eigenvalue weighted by Crippen LogP contribution is -2.53. The lowest BCUT2D eigenvalue weighted by Gasteiger charge is -2.37. The van der Waals surface area contributed by atoms with Crippen LogP contribution in [0.25, 0.3) is 0 Å². The molecule has 7 heteroatoms. The van der Waals surface area contributed by atoms with Crippen LogP contribution in [0.2, 0.25) is 0 Å². The Morgan fingerprint density at radius 2 is 2.05 bits per heavy atom. The van der Waals surface area contributed by atoms with Gasteiger partial charge in [0.15, 0.2) is 0 Å². The highest BCUT2D eigenvalue weighted by molar-refractivity contribution is 6.03. The van der Waals surface area contributed by atoms with E-state index in [1.807, 2.05) is 6.92 Å². The van der Waals surface area contributed by atoms with Crippen molar-refractivity contribution in [3.8, 4) is 0 Å². The molecule has 3 amide bonds. The molecule has 0 aliphatic carbocycles. The maximum absolute atomic E-state index is 12.2. The zero-order valence-corrected chi connectivity index (χ0v) is 11.8. The molecule has 0 bridgehead atoms. The topological polar surface area (TPSA) is 104 Å². The molecule has 0 radical (unpaired) electrons. The minimum atomic E-state index is -1.02. The van der Waals surface area contributed by atoms with Crippen LogP contribution in [0.15, 0.2) is 0 Å². The van der Waals surface area contributed by atoms with Crippen LogP contribution in [-0.4, -0.2) is 46.8 Å². The first-order valence-electron chi connectivity index (χ1n) is 6.63. The molecule has 7 nitrogen and oxygen atoms in total. The largest absolute Gasteiger partial charge is 0.481 e. The average Bonchev–Trinajstić information content (AvgIpc) is 2.39. The minimum Gasteiger partial charge on any atom is -0.481 e. The molecule has 0 saturated carbocycles. The number of imide groups is 1. The summed E-state index contributed by atoms with van der Waals surface area (Å²) >= 11 is 0. The number of carbonyl (C=O) groups excluding carboxylic acids is 3. The van der Waals surface area contributed by atoms with Gasteiger partial charge in [-0.1, -0.05) is 13.8 Å². The molecule has 20 heavy (non-hydrogen) atoms. The summed E-state index contributed by atoms with van der Waals surface area (Å²) in [5.74, 6) is -2.22. The highest BCUT2D eigenvalue weighted by Crippen LogP contribution is 2.34. The fourth-order valence-corrected chi connectivity index (χ4v) is 2.06. The third-order valence-corrected chi connectivity index (χ3v) is 3.70. The molecule has 1 heterocycles. The van der Waals surface area contributed by atoms with Crippen molar-refractivity contribution in [2.45, 2.75) is 39.5 Å². The number of aliphatic carboxylic acids is 1. The highest BCUT2D eigenvalue weighted by Gasteiger charge is 2.42. The fraction of sp³-hybridized carbons (Fsp3) is 0.692. The van der Waals surface area contributed by atoms with E-state index < -0.39 is 17.3 Å². The smallest absolute Gasteiger partial charge is 0.305 e. The van der Waals surface area contributed by atoms with Crippen LogP contribution < -0.4 is 5.32 Å². The van der Waals surface area contributed by atoms with Crippen LogP contribution >= 0.6 is 0 Å². The predicted molar refractivity (Wildman–Crippen MR) is 69.6 cm³/mol. The molecule has 2 N–H and O–H groups in total. The maximum Gasteiger partial charge on any atom is 0.305 e. The average molecular weight is 284 g/mol. The zero-order valence-electron chi connectivity index (χ0n) is 11.8. The first-order valence-corrected chi connectivity index (χ1v) is 6.63. The molecule has 0 aromatic heterocycles. The summed E-state index contributed by atoms with van der Waals surface area (Å²) in [5.41, 5.74) is -0.602. The third kappa shape index (κ3) is 3.79. The lowest BCUT2D eigenvalue weighted by molar-refractivity contribution is -0.159. The van der Waals surface area contributed by atoms with Crippen molar-refractivity contribution in [2.24, 2.45) is 5.41 Å². The second kappa shape index (κ2) is 6.49. The third-order valence-electron chi connectivity index (χ3n) is 3.70. The molecule has 0 spiro atoms. The van der Waals surface area contributed by atoms with Crippen molar-refractivity contribution in [3.63, 3.8) is 0 Å². The first-order chi connectivity index (χ1) is 9.30. The number of rotatable bonds is 6. The van der Waals surface area contributed by atoms with Gasteiger partial charge >= 0.3 is 5.97 Å². The van der Waals surface area contributed by atoms with Gasteiger partial charge in [0, 0.05) is 18.4 Å². The summed E-state index contributed by atoms with van der Waals surface area (Å²) in [4.78, 5) is 46.9. The van der Waals surface area contributed by atoms with Gasteiger partial charge in [-0.2, -0.15) is 0 Å². The lowest BCUT2D eigenvalue weighted by atomic mass is 9.78. The van der Waals surface area contributed by atoms with E-state index in [9.17, 15) is 19.2 Å². The Hall–Kier alpha value is -1.92. The number of carboxylic acid groups (broad SMARTS) is 1. The van der Waals surface area contributed by atoms with E-state index in [0.29, 0.717) is 12.8 Å². The van der Waals surface area contributed by atoms with E-state index in [-0.39, 0.29) is 37.7 Å². The standard InChI is InChI=1S/C13H20N2O5/c1-3-13(2)6-4-10(17)15(12(13)20)8-9(16)14-7-5-11(18)19/h3-8H2,1-2H3,(H,14,16)(H,18,19). The van der Waals surface area contributed by atoms with Crippen LogP contribution in [0.4, 0.5) is 0 Å². The zero-order chi connectivity index (χ0) is 15.3. The monoisotopic (exact) mass is 284 g/mol. The van der Waals surface area contributed by atoms with Crippen molar-refractivity contribution in [1.29, 1.82) is 0 Å². The Bertz CT molecular complexity index is 434. The second-order valence-electron chi connectivity index (χ2n) is 5.19. The number of carboxylic acids is 1. The summed E-state index contributed by atoms with van der Waals surface area (Å²) in [6.45, 7) is 3.30. The van der Waals surface area contributed by atoms with Gasteiger partial charge in [-0.3, -0.25) is 24.1 Å². The van der Waals surface area contributed by atoms with Crippen LogP contribution in [-0.2, 0) is 19.2 Å². The van der Waals surface area contributed by atoms with Gasteiger partial charge in [0.2, 0.25) is 17.7 Å². The van der Waals surface area contributed by atoms with Gasteiger partial charge in [-0.25, -0.2) is 0 Å². The minimum absolute atomic E-state index is 0.0184. The number of carbonyl (C=O) groups is 4. The Morgan fingerprint density at radius 1 is 1.40 bits per heavy atom. The van der Waals surface area contributed by atoms with Crippen molar-refractivity contribution in [2.75, 3.05) is 13.1 Å². The summed E-state index contributed by atoms with van der Waals surface area (Å²) in [7, 11) is 0. The van der Waals surface area contributed by atoms with Gasteiger partial charge in [-0.15, -0.1) is 0 Å². The van der Waals surface area contributed by atoms with Gasteiger partial charge in [0.05, 0.1) is 6.42 Å². The number of nitrogens with zero attached hydrogens (tertiary/aromatic N) is 1. The Morgan fingerprint density at radius 3 is 2.60 bits per heavy atom. The second-order valence-corrected chi connectivity index (χ2v) is 5.19. The van der Waals surface area contributed by atoms with Gasteiger partial charge in [0.25, 0.3) is 0 Å². The molecule has 1 rings (SSSR count). The molecule has 1 aliphatic rings. The molecular weight excluding hydrogens is 264 g/mol. The number of hydrogen-bond acceptors (Lipinski definition) is 4. The van der Waals surface area contributed by atoms with E-state index in [0.717, 1.165) is 4.90 Å². The SMILES string of the molecule is CCC1(C)CCC(=O)N(CC(=O)NCCC(=O)O)C1=O. The molecule has 1 unspecified atom stereocenters. The molecule has 112 valence electrons. The fourth-order valence-electron chi connectivity index (χ4n) is 2.06. The molecule has 0 aromatic rings. The van der Waals surface area contributed by atoms with Gasteiger partial charge < -0.3 is 10.4 Å². The number of likely N-dealkylation sites (tertiary alicyclic amines) is 1. The number of piperidine rings is 1. The maximum atomic E-state index is 12.2. The van der Waals surface area contributed by atoms with Crippen molar-refractivity contribution in [3.05, 3.63) is 0 Å². The van der Waals surface area contributed by atoms with Crippen LogP contribution in [0.3, 0.4) is 0 Å². The van der Waals surface area contributed by atoms with Crippen LogP contribution in [0.1, 0.15) is 39.5 Å². The molecule has 1 saturated heterocycles. The van der Waals surface area contributed by atoms with Crippen molar-refractivity contribution in [1.82, 2.24) is 10.2 Å². The molecule has 1 atom stereocenters. The predicted octanol–water partition coefficient (Wildman–Crippen LogP) is 0.143. The van der Waals surface area contributed by atoms with Gasteiger partial charge in [0.1, 0.15) is 6.54 Å². The first kappa shape index (κ1) is 16.1. The molecular formula is C13H20N2O5. The summed E-state index contributed by atoms with van der Waals surface area (Å²) < 4.78 is 0. The van der Waals surface area contributed by atoms with E-state index in [1.165, 1.54) is 0 Å². The Kier molecular flexibility index (Phi) is 5.24. The van der Waals surface area contributed by atoms with Gasteiger partial charge in [-0.05, 0) is 12.8 Å². The van der Waals surface area contributed by atoms with Crippen LogP contribution in [0.5, 0.6) is 0 Å². The normalized spacial score (nSPS) is 22.8. The number of amides is 3.